The number of carbonyl (C=O) groups excluding carboxylic acids is 3. The van der Waals surface area contributed by atoms with Gasteiger partial charge >= 0.3 is 11.9 Å². The number of aliphatic carboxylic acids is 1. The highest BCUT2D eigenvalue weighted by molar-refractivity contribution is 5.70. The maximum atomic E-state index is 12.6. The highest BCUT2D eigenvalue weighted by Crippen LogP contribution is 2.15. The molecule has 0 aromatic heterocycles. The minimum absolute atomic E-state index is 0.0486. The lowest BCUT2D eigenvalue weighted by molar-refractivity contribution is -0.889. The van der Waals surface area contributed by atoms with Crippen LogP contribution in [0, 0.1) is 0 Å². The van der Waals surface area contributed by atoms with E-state index < -0.39 is 18.1 Å². The average Bonchev–Trinajstić information content (AvgIpc) is 3.06. The second-order valence-electron chi connectivity index (χ2n) is 15.6. The van der Waals surface area contributed by atoms with Gasteiger partial charge in [-0.3, -0.25) is 9.59 Å². The van der Waals surface area contributed by atoms with Crippen molar-refractivity contribution in [3.05, 3.63) is 0 Å². The monoisotopic (exact) mass is 712 g/mol. The molecule has 8 heteroatoms. The van der Waals surface area contributed by atoms with Crippen LogP contribution < -0.4 is 5.11 Å². The molecule has 2 atom stereocenters. The average molecular weight is 712 g/mol. The van der Waals surface area contributed by atoms with Crippen LogP contribution in [0.25, 0.3) is 0 Å². The molecule has 0 heterocycles. The van der Waals surface area contributed by atoms with Crippen LogP contribution in [0.15, 0.2) is 0 Å². The molecule has 0 bridgehead atoms. The van der Waals surface area contributed by atoms with Gasteiger partial charge in [0.25, 0.3) is 0 Å². The van der Waals surface area contributed by atoms with E-state index in [9.17, 15) is 19.5 Å². The molecular weight excluding hydrogens is 630 g/mol. The van der Waals surface area contributed by atoms with Gasteiger partial charge in [0.2, 0.25) is 0 Å². The quantitative estimate of drug-likeness (QED) is 0.0357. The van der Waals surface area contributed by atoms with Crippen molar-refractivity contribution in [3.8, 4) is 0 Å². The number of rotatable bonds is 38. The summed E-state index contributed by atoms with van der Waals surface area (Å²) in [5, 5.41) is 11.6. The molecule has 8 nitrogen and oxygen atoms in total. The summed E-state index contributed by atoms with van der Waals surface area (Å²) in [4.78, 5) is 36.7. The largest absolute Gasteiger partial charge is 0.544 e. The number of hydrogen-bond acceptors (Lipinski definition) is 7. The van der Waals surface area contributed by atoms with E-state index in [4.69, 9.17) is 14.2 Å². The SMILES string of the molecule is CCCCCCCCCCCCCCCCCCC(=O)OCC(COCCC(C(=O)[O-])[N+](C)(C)C)OC(=O)CCCCCCCCCCCC. The number of esters is 2. The van der Waals surface area contributed by atoms with Crippen LogP contribution in [-0.4, -0.2) is 75.5 Å². The number of nitrogens with zero attached hydrogens (tertiary/aromatic N) is 1. The number of unbranched alkanes of at least 4 members (excludes halogenated alkanes) is 24. The number of carbonyl (C=O) groups is 3. The summed E-state index contributed by atoms with van der Waals surface area (Å²) in [5.41, 5.74) is 0. The van der Waals surface area contributed by atoms with Crippen LogP contribution in [0.1, 0.15) is 200 Å². The Kier molecular flexibility index (Phi) is 33.3. The van der Waals surface area contributed by atoms with Gasteiger partial charge in [0.05, 0.1) is 40.3 Å². The van der Waals surface area contributed by atoms with Gasteiger partial charge in [-0.2, -0.15) is 0 Å². The lowest BCUT2D eigenvalue weighted by Crippen LogP contribution is -2.55. The van der Waals surface area contributed by atoms with Crippen LogP contribution in [0.5, 0.6) is 0 Å². The zero-order valence-corrected chi connectivity index (χ0v) is 33.6. The van der Waals surface area contributed by atoms with Crippen molar-refractivity contribution in [1.29, 1.82) is 0 Å². The maximum absolute atomic E-state index is 12.6. The van der Waals surface area contributed by atoms with Gasteiger partial charge in [0.1, 0.15) is 12.6 Å². The van der Waals surface area contributed by atoms with Crippen molar-refractivity contribution in [1.82, 2.24) is 0 Å². The summed E-state index contributed by atoms with van der Waals surface area (Å²) in [6, 6.07) is -0.718. The van der Waals surface area contributed by atoms with Gasteiger partial charge in [0, 0.05) is 19.3 Å². The molecule has 0 aromatic rings. The lowest BCUT2D eigenvalue weighted by Gasteiger charge is -2.34. The topological polar surface area (TPSA) is 102 Å². The summed E-state index contributed by atoms with van der Waals surface area (Å²) in [5.74, 6) is -1.72. The van der Waals surface area contributed by atoms with Crippen molar-refractivity contribution in [2.45, 2.75) is 212 Å². The first kappa shape index (κ1) is 48.3. The molecule has 0 spiro atoms. The Morgan fingerprint density at radius 1 is 0.520 bits per heavy atom. The Morgan fingerprint density at radius 3 is 1.24 bits per heavy atom. The van der Waals surface area contributed by atoms with Gasteiger partial charge < -0.3 is 28.6 Å². The Balaban J connectivity index is 4.28. The fourth-order valence-electron chi connectivity index (χ4n) is 6.42. The molecule has 0 aromatic carbocycles. The van der Waals surface area contributed by atoms with Crippen LogP contribution in [0.3, 0.4) is 0 Å². The third-order valence-corrected chi connectivity index (χ3v) is 9.74. The minimum atomic E-state index is -1.12. The number of quaternary nitrogens is 1. The van der Waals surface area contributed by atoms with Crippen molar-refractivity contribution in [2.24, 2.45) is 0 Å². The van der Waals surface area contributed by atoms with Crippen LogP contribution in [-0.2, 0) is 28.6 Å². The van der Waals surface area contributed by atoms with Gasteiger partial charge in [-0.15, -0.1) is 0 Å². The number of likely N-dealkylation sites (N-methyl/N-ethyl adjacent to an activating group) is 1. The van der Waals surface area contributed by atoms with E-state index in [0.717, 1.165) is 38.5 Å². The molecule has 0 aliphatic carbocycles. The third-order valence-electron chi connectivity index (χ3n) is 9.74. The van der Waals surface area contributed by atoms with E-state index >= 15 is 0 Å². The molecule has 50 heavy (non-hydrogen) atoms. The molecule has 0 N–H and O–H groups in total. The molecule has 0 saturated heterocycles. The Bertz CT molecular complexity index is 797. The van der Waals surface area contributed by atoms with E-state index in [0.29, 0.717) is 12.8 Å². The molecule has 0 fully saturated rings. The number of carboxylic acid groups (broad SMARTS) is 1. The first-order valence-corrected chi connectivity index (χ1v) is 21.1. The summed E-state index contributed by atoms with van der Waals surface area (Å²) in [7, 11) is 5.41. The molecular formula is C42H81NO7. The molecule has 0 aliphatic rings. The number of ether oxygens (including phenoxy) is 3. The molecule has 2 unspecified atom stereocenters. The predicted octanol–water partition coefficient (Wildman–Crippen LogP) is 9.64. The van der Waals surface area contributed by atoms with Crippen LogP contribution >= 0.6 is 0 Å². The van der Waals surface area contributed by atoms with Crippen LogP contribution in [0.4, 0.5) is 0 Å². The highest BCUT2D eigenvalue weighted by atomic mass is 16.6. The molecule has 0 aliphatic heterocycles. The second kappa shape index (κ2) is 34.4. The van der Waals surface area contributed by atoms with Crippen LogP contribution in [0.2, 0.25) is 0 Å². The van der Waals surface area contributed by atoms with Crippen molar-refractivity contribution >= 4 is 17.9 Å². The molecule has 0 saturated carbocycles. The Labute approximate surface area is 308 Å². The van der Waals surface area contributed by atoms with Crippen molar-refractivity contribution < 1.29 is 38.2 Å². The summed E-state index contributed by atoms with van der Waals surface area (Å²) < 4.78 is 17.1. The first-order chi connectivity index (χ1) is 24.1. The zero-order valence-electron chi connectivity index (χ0n) is 33.6. The second-order valence-corrected chi connectivity index (χ2v) is 15.6. The van der Waals surface area contributed by atoms with E-state index in [1.54, 1.807) is 21.1 Å². The number of hydrogen-bond donors (Lipinski definition) is 0. The molecule has 0 amide bonds. The maximum Gasteiger partial charge on any atom is 0.306 e. The first-order valence-electron chi connectivity index (χ1n) is 21.1. The molecule has 0 rings (SSSR count). The highest BCUT2D eigenvalue weighted by Gasteiger charge is 2.25. The van der Waals surface area contributed by atoms with Gasteiger partial charge in [-0.05, 0) is 12.8 Å². The van der Waals surface area contributed by atoms with Gasteiger partial charge in [-0.25, -0.2) is 0 Å². The normalized spacial score (nSPS) is 12.9. The standard InChI is InChI=1S/C42H81NO7/c1-6-8-10-12-14-16-18-19-20-21-22-23-25-26-28-30-32-40(44)49-37-38(36-48-35-34-39(42(46)47)43(3,4)5)50-41(45)33-31-29-27-24-17-15-13-11-9-7-2/h38-39H,6-37H2,1-5H3. The van der Waals surface area contributed by atoms with E-state index in [1.165, 1.54) is 128 Å². The fourth-order valence-corrected chi connectivity index (χ4v) is 6.42. The lowest BCUT2D eigenvalue weighted by atomic mass is 10.0. The van der Waals surface area contributed by atoms with E-state index in [-0.39, 0.29) is 42.7 Å². The summed E-state index contributed by atoms with van der Waals surface area (Å²) >= 11 is 0. The summed E-state index contributed by atoms with van der Waals surface area (Å²) in [6.07, 6.45) is 32.6. The third kappa shape index (κ3) is 32.3. The number of carboxylic acids is 1. The van der Waals surface area contributed by atoms with Crippen molar-refractivity contribution in [3.63, 3.8) is 0 Å². The smallest absolute Gasteiger partial charge is 0.306 e. The summed E-state index contributed by atoms with van der Waals surface area (Å²) in [6.45, 7) is 4.67. The fraction of sp³-hybridized carbons (Fsp3) is 0.929. The predicted molar refractivity (Wildman–Crippen MR) is 204 cm³/mol. The van der Waals surface area contributed by atoms with Crippen molar-refractivity contribution in [2.75, 3.05) is 41.0 Å². The Hall–Kier alpha value is -1.67. The van der Waals surface area contributed by atoms with E-state index in [2.05, 4.69) is 13.8 Å². The zero-order chi connectivity index (χ0) is 37.1. The molecule has 0 radical (unpaired) electrons. The van der Waals surface area contributed by atoms with Gasteiger partial charge in [0.15, 0.2) is 6.10 Å². The molecule has 296 valence electrons. The minimum Gasteiger partial charge on any atom is -0.544 e. The Morgan fingerprint density at radius 2 is 0.880 bits per heavy atom. The van der Waals surface area contributed by atoms with E-state index in [1.807, 2.05) is 0 Å². The van der Waals surface area contributed by atoms with Gasteiger partial charge in [-0.1, -0.05) is 168 Å².